The van der Waals surface area contributed by atoms with Gasteiger partial charge in [-0.25, -0.2) is 4.39 Å². The average molecular weight is 785 g/mol. The van der Waals surface area contributed by atoms with Gasteiger partial charge in [0, 0.05) is 5.39 Å². The summed E-state index contributed by atoms with van der Waals surface area (Å²) in [5.74, 6) is -0.140. The van der Waals surface area contributed by atoms with E-state index in [1.54, 1.807) is 6.07 Å². The summed E-state index contributed by atoms with van der Waals surface area (Å²) in [6, 6.07) is 54.7. The van der Waals surface area contributed by atoms with Crippen LogP contribution in [0.25, 0.3) is 43.1 Å². The summed E-state index contributed by atoms with van der Waals surface area (Å²) in [4.78, 5) is 0. The third kappa shape index (κ3) is 11.9. The minimum atomic E-state index is -0.140. The normalized spacial score (nSPS) is 11.8. The van der Waals surface area contributed by atoms with Crippen LogP contribution in [0.4, 0.5) is 4.39 Å². The molecule has 8 aromatic carbocycles. The zero-order valence-corrected chi connectivity index (χ0v) is 37.4. The van der Waals surface area contributed by atoms with E-state index in [-0.39, 0.29) is 34.9 Å². The molecule has 0 N–H and O–H groups in total. The van der Waals surface area contributed by atoms with Crippen LogP contribution >= 0.6 is 0 Å². The van der Waals surface area contributed by atoms with Crippen LogP contribution in [0.3, 0.4) is 0 Å². The molecule has 0 amide bonds. The topological polar surface area (TPSA) is 0 Å². The summed E-state index contributed by atoms with van der Waals surface area (Å²) in [5, 5.41) is 9.83. The van der Waals surface area contributed by atoms with Gasteiger partial charge in [0.15, 0.2) is 0 Å². The molecule has 0 atom stereocenters. The van der Waals surface area contributed by atoms with Gasteiger partial charge in [0.05, 0.1) is 0 Å². The van der Waals surface area contributed by atoms with Gasteiger partial charge < -0.3 is 0 Å². The van der Waals surface area contributed by atoms with Gasteiger partial charge in [-0.1, -0.05) is 248 Å². The predicted molar refractivity (Wildman–Crippen MR) is 262 cm³/mol. The van der Waals surface area contributed by atoms with E-state index < -0.39 is 0 Å². The fourth-order valence-corrected chi connectivity index (χ4v) is 7.49. The fourth-order valence-electron chi connectivity index (χ4n) is 7.49. The number of benzene rings is 8. The van der Waals surface area contributed by atoms with Crippen molar-refractivity contribution in [2.45, 2.75) is 119 Å². The zero-order valence-electron chi connectivity index (χ0n) is 37.4. The van der Waals surface area contributed by atoms with E-state index in [0.717, 1.165) is 5.39 Å². The van der Waals surface area contributed by atoms with Gasteiger partial charge in [-0.15, -0.1) is 0 Å². The number of hydrogen-bond donors (Lipinski definition) is 0. The van der Waals surface area contributed by atoms with Crippen molar-refractivity contribution in [2.75, 3.05) is 0 Å². The molecule has 8 aromatic rings. The van der Waals surface area contributed by atoms with Crippen LogP contribution < -0.4 is 0 Å². The first-order valence-electron chi connectivity index (χ1n) is 20.8. The molecular formula is C58H69F. The fraction of sp³-hybridized carbons (Fsp3) is 0.310. The van der Waals surface area contributed by atoms with Gasteiger partial charge >= 0.3 is 0 Å². The second-order valence-corrected chi connectivity index (χ2v) is 19.8. The molecular weight excluding hydrogens is 716 g/mol. The molecule has 0 heterocycles. The van der Waals surface area contributed by atoms with Gasteiger partial charge in [0.2, 0.25) is 0 Å². The van der Waals surface area contributed by atoms with Crippen molar-refractivity contribution in [1.82, 2.24) is 0 Å². The van der Waals surface area contributed by atoms with Crippen LogP contribution in [-0.2, 0) is 21.7 Å². The molecule has 0 radical (unpaired) electrons. The van der Waals surface area contributed by atoms with E-state index in [4.69, 9.17) is 0 Å². The SMILES string of the molecule is C.CC(C)(C)c1ccc(F)c2ccccc12.CC(C)(C)c1ccc2ccccc2c1.CC(C)(C)c1cccc2ccccc12.Cc1ccc2cccc(C(C)(C)C)c2c1. The monoisotopic (exact) mass is 785 g/mol. The Bertz CT molecular complexity index is 2590. The Morgan fingerprint density at radius 2 is 0.746 bits per heavy atom. The molecule has 59 heavy (non-hydrogen) atoms. The van der Waals surface area contributed by atoms with Crippen LogP contribution in [0.2, 0.25) is 0 Å². The van der Waals surface area contributed by atoms with E-state index >= 15 is 0 Å². The van der Waals surface area contributed by atoms with Crippen molar-refractivity contribution >= 4 is 43.1 Å². The first kappa shape index (κ1) is 46.4. The third-order valence-corrected chi connectivity index (χ3v) is 10.7. The van der Waals surface area contributed by atoms with Gasteiger partial charge in [0.1, 0.15) is 5.82 Å². The lowest BCUT2D eigenvalue weighted by atomic mass is 9.83. The molecule has 0 fully saturated rings. The lowest BCUT2D eigenvalue weighted by molar-refractivity contribution is 0.591. The third-order valence-electron chi connectivity index (χ3n) is 10.7. The molecule has 0 unspecified atom stereocenters. The summed E-state index contributed by atoms with van der Waals surface area (Å²) in [5.41, 5.74) is 7.51. The summed E-state index contributed by atoms with van der Waals surface area (Å²) in [7, 11) is 0. The Hall–Kier alpha value is -5.27. The molecule has 0 spiro atoms. The second-order valence-electron chi connectivity index (χ2n) is 19.8. The molecule has 0 saturated carbocycles. The van der Waals surface area contributed by atoms with Crippen LogP contribution in [0.1, 0.15) is 118 Å². The molecule has 0 bridgehead atoms. The van der Waals surface area contributed by atoms with Crippen molar-refractivity contribution in [3.63, 3.8) is 0 Å². The highest BCUT2D eigenvalue weighted by Gasteiger charge is 2.19. The molecule has 0 aliphatic carbocycles. The molecule has 8 rings (SSSR count). The van der Waals surface area contributed by atoms with Crippen molar-refractivity contribution in [2.24, 2.45) is 0 Å². The van der Waals surface area contributed by atoms with Gasteiger partial charge in [-0.2, -0.15) is 0 Å². The Morgan fingerprint density at radius 3 is 1.31 bits per heavy atom. The Kier molecular flexibility index (Phi) is 14.8. The van der Waals surface area contributed by atoms with Crippen LogP contribution in [-0.4, -0.2) is 0 Å². The summed E-state index contributed by atoms with van der Waals surface area (Å²) in [6.45, 7) is 28.9. The first-order valence-corrected chi connectivity index (χ1v) is 20.8. The molecule has 0 saturated heterocycles. The zero-order chi connectivity index (χ0) is 42.5. The quantitative estimate of drug-likeness (QED) is 0.144. The second kappa shape index (κ2) is 18.8. The summed E-state index contributed by atoms with van der Waals surface area (Å²) < 4.78 is 13.6. The van der Waals surface area contributed by atoms with E-state index in [9.17, 15) is 4.39 Å². The lowest BCUT2D eigenvalue weighted by Crippen LogP contribution is -2.11. The molecule has 308 valence electrons. The minimum Gasteiger partial charge on any atom is -0.206 e. The highest BCUT2D eigenvalue weighted by atomic mass is 19.1. The van der Waals surface area contributed by atoms with Crippen LogP contribution in [0, 0.1) is 12.7 Å². The summed E-state index contributed by atoms with van der Waals surface area (Å²) >= 11 is 0. The van der Waals surface area contributed by atoms with Gasteiger partial charge in [0.25, 0.3) is 0 Å². The van der Waals surface area contributed by atoms with Crippen LogP contribution in [0.5, 0.6) is 0 Å². The van der Waals surface area contributed by atoms with Gasteiger partial charge in [-0.05, 0) is 94.6 Å². The van der Waals surface area contributed by atoms with Crippen molar-refractivity contribution in [1.29, 1.82) is 0 Å². The Morgan fingerprint density at radius 1 is 0.322 bits per heavy atom. The minimum absolute atomic E-state index is 0. The maximum Gasteiger partial charge on any atom is 0.131 e. The molecule has 0 aliphatic heterocycles. The van der Waals surface area contributed by atoms with Crippen LogP contribution in [0.15, 0.2) is 158 Å². The Balaban J connectivity index is 0.000000173. The molecule has 0 nitrogen and oxygen atoms in total. The number of fused-ring (bicyclic) bond motifs is 4. The van der Waals surface area contributed by atoms with Crippen molar-refractivity contribution < 1.29 is 4.39 Å². The van der Waals surface area contributed by atoms with E-state index in [2.05, 4.69) is 211 Å². The average Bonchev–Trinajstić information content (AvgIpc) is 3.16. The largest absolute Gasteiger partial charge is 0.206 e. The van der Waals surface area contributed by atoms with Gasteiger partial charge in [-0.3, -0.25) is 0 Å². The number of hydrogen-bond acceptors (Lipinski definition) is 0. The maximum absolute atomic E-state index is 13.6. The number of halogens is 1. The molecule has 0 aliphatic rings. The molecule has 0 aromatic heterocycles. The van der Waals surface area contributed by atoms with E-state index in [1.165, 1.54) is 60.1 Å². The number of rotatable bonds is 0. The van der Waals surface area contributed by atoms with Crippen molar-refractivity contribution in [3.8, 4) is 0 Å². The van der Waals surface area contributed by atoms with E-state index in [1.807, 2.05) is 30.3 Å². The predicted octanol–water partition coefficient (Wildman–Crippen LogP) is 17.6. The Labute approximate surface area is 356 Å². The van der Waals surface area contributed by atoms with Crippen molar-refractivity contribution in [3.05, 3.63) is 191 Å². The lowest BCUT2D eigenvalue weighted by Gasteiger charge is -2.21. The standard InChI is InChI=1S/C15H18.C14H15F.2C14H16.CH4/c1-11-8-9-12-6-5-7-14(13(12)10-11)15(2,3)4;1-14(2,3)12-8-9-13(15)11-7-5-4-6-10(11)12;1-14(2,3)13-10-6-8-11-7-4-5-9-12(11)13;1-14(2,3)13-9-8-11-6-4-5-7-12(11)10-13;/h5-10H,1-4H3;4-9H,1-3H3;2*4-10H,1-3H3;1H4. The van der Waals surface area contributed by atoms with E-state index in [0.29, 0.717) is 5.39 Å². The molecule has 1 heteroatoms. The number of aryl methyl sites for hydroxylation is 1. The first-order chi connectivity index (χ1) is 27.1. The highest BCUT2D eigenvalue weighted by Crippen LogP contribution is 2.33. The summed E-state index contributed by atoms with van der Waals surface area (Å²) in [6.07, 6.45) is 0. The maximum atomic E-state index is 13.6. The smallest absolute Gasteiger partial charge is 0.131 e. The highest BCUT2D eigenvalue weighted by molar-refractivity contribution is 5.89.